The van der Waals surface area contributed by atoms with Crippen molar-refractivity contribution in [1.29, 1.82) is 10.5 Å². The molecule has 0 saturated carbocycles. The maximum atomic E-state index is 8.71. The average molecular weight is 180 g/mol. The zero-order chi connectivity index (χ0) is 10.6. The number of allylic oxidation sites excluding steroid dienone is 2. The van der Waals surface area contributed by atoms with Crippen molar-refractivity contribution in [1.82, 2.24) is 0 Å². The third-order valence-corrected chi connectivity index (χ3v) is 1.85. The maximum Gasteiger partial charge on any atom is 0.0991 e. The Hall–Kier alpha value is -2.32. The Labute approximate surface area is 83.0 Å². The summed E-state index contributed by atoms with van der Waals surface area (Å²) >= 11 is 0. The third-order valence-electron chi connectivity index (χ3n) is 1.85. The van der Waals surface area contributed by atoms with Crippen molar-refractivity contribution < 1.29 is 0 Å². The normalized spacial score (nSPS) is 8.43. The van der Waals surface area contributed by atoms with Gasteiger partial charge in [0.1, 0.15) is 0 Å². The zero-order valence-electron chi connectivity index (χ0n) is 7.62. The molecule has 0 unspecified atom stereocenters. The summed E-state index contributed by atoms with van der Waals surface area (Å²) in [5.41, 5.74) is 2.03. The number of nitriles is 2. The molecule has 1 aromatic carbocycles. The van der Waals surface area contributed by atoms with Crippen molar-refractivity contribution in [2.45, 2.75) is 0 Å². The Morgan fingerprint density at radius 2 is 1.29 bits per heavy atom. The van der Waals surface area contributed by atoms with Gasteiger partial charge >= 0.3 is 0 Å². The van der Waals surface area contributed by atoms with Gasteiger partial charge in [-0.15, -0.1) is 0 Å². The number of hydrogen-bond donors (Lipinski definition) is 0. The van der Waals surface area contributed by atoms with Crippen LogP contribution in [-0.4, -0.2) is 0 Å². The fraction of sp³-hybridized carbons (Fsp3) is 0. The van der Waals surface area contributed by atoms with Crippen LogP contribution in [0.25, 0.3) is 11.1 Å². The van der Waals surface area contributed by atoms with Gasteiger partial charge in [-0.05, 0) is 0 Å². The summed E-state index contributed by atoms with van der Waals surface area (Å²) < 4.78 is 0. The summed E-state index contributed by atoms with van der Waals surface area (Å²) in [6.07, 6.45) is 0. The molecule has 2 heteroatoms. The smallest absolute Gasteiger partial charge is 0.0991 e. The van der Waals surface area contributed by atoms with Crippen molar-refractivity contribution in [3.05, 3.63) is 48.6 Å². The van der Waals surface area contributed by atoms with Gasteiger partial charge in [-0.25, -0.2) is 0 Å². The molecule has 0 amide bonds. The van der Waals surface area contributed by atoms with Gasteiger partial charge in [0.2, 0.25) is 0 Å². The zero-order valence-corrected chi connectivity index (χ0v) is 7.62. The Kier molecular flexibility index (Phi) is 2.84. The topological polar surface area (TPSA) is 47.6 Å². The molecule has 0 aromatic heterocycles. The average Bonchev–Trinajstić information content (AvgIpc) is 2.27. The van der Waals surface area contributed by atoms with Crippen molar-refractivity contribution in [3.8, 4) is 12.1 Å². The molecular formula is C12H8N2. The van der Waals surface area contributed by atoms with E-state index in [2.05, 4.69) is 13.2 Å². The lowest BCUT2D eigenvalue weighted by atomic mass is 9.97. The minimum absolute atomic E-state index is 0.344. The van der Waals surface area contributed by atoms with Gasteiger partial charge in [-0.3, -0.25) is 0 Å². The van der Waals surface area contributed by atoms with Gasteiger partial charge in [-0.1, -0.05) is 37.4 Å². The standard InChI is InChI=1S/C12H8N2/c1-9(7-13)11-5-3-4-6-12(11)10(2)8-14/h3-6H,1-2H2. The van der Waals surface area contributed by atoms with E-state index in [9.17, 15) is 0 Å². The molecule has 0 spiro atoms. The molecule has 1 rings (SSSR count). The van der Waals surface area contributed by atoms with Crippen molar-refractivity contribution in [3.63, 3.8) is 0 Å². The first-order valence-corrected chi connectivity index (χ1v) is 3.98. The minimum Gasteiger partial charge on any atom is -0.192 e. The minimum atomic E-state index is 0.344. The van der Waals surface area contributed by atoms with Crippen molar-refractivity contribution in [2.75, 3.05) is 0 Å². The van der Waals surface area contributed by atoms with E-state index in [-0.39, 0.29) is 0 Å². The first-order valence-electron chi connectivity index (χ1n) is 3.98. The first kappa shape index (κ1) is 9.77. The molecule has 1 aromatic rings. The summed E-state index contributed by atoms with van der Waals surface area (Å²) in [5.74, 6) is 0. The van der Waals surface area contributed by atoms with E-state index >= 15 is 0 Å². The van der Waals surface area contributed by atoms with Gasteiger partial charge < -0.3 is 0 Å². The molecule has 0 aliphatic heterocycles. The molecule has 14 heavy (non-hydrogen) atoms. The van der Waals surface area contributed by atoms with Gasteiger partial charge in [0.05, 0.1) is 23.3 Å². The lowest BCUT2D eigenvalue weighted by Gasteiger charge is -2.04. The monoisotopic (exact) mass is 180 g/mol. The Morgan fingerprint density at radius 3 is 1.57 bits per heavy atom. The summed E-state index contributed by atoms with van der Waals surface area (Å²) in [6, 6.07) is 11.0. The summed E-state index contributed by atoms with van der Waals surface area (Å²) in [6.45, 7) is 7.22. The number of hydrogen-bond acceptors (Lipinski definition) is 2. The fourth-order valence-electron chi connectivity index (χ4n) is 1.13. The van der Waals surface area contributed by atoms with E-state index in [1.54, 1.807) is 24.3 Å². The second-order valence-electron chi connectivity index (χ2n) is 2.73. The SMILES string of the molecule is C=C(C#N)c1ccccc1C(=C)C#N. The van der Waals surface area contributed by atoms with Crippen LogP contribution >= 0.6 is 0 Å². The fourth-order valence-corrected chi connectivity index (χ4v) is 1.13. The highest BCUT2D eigenvalue weighted by molar-refractivity contribution is 5.87. The second-order valence-corrected chi connectivity index (χ2v) is 2.73. The van der Waals surface area contributed by atoms with Crippen LogP contribution in [0, 0.1) is 22.7 Å². The van der Waals surface area contributed by atoms with E-state index in [4.69, 9.17) is 10.5 Å². The largest absolute Gasteiger partial charge is 0.192 e. The molecule has 0 fully saturated rings. The van der Waals surface area contributed by atoms with E-state index < -0.39 is 0 Å². The van der Waals surface area contributed by atoms with Crippen LogP contribution in [0.4, 0.5) is 0 Å². The van der Waals surface area contributed by atoms with Gasteiger partial charge in [0.25, 0.3) is 0 Å². The van der Waals surface area contributed by atoms with E-state index in [1.807, 2.05) is 12.1 Å². The Balaban J connectivity index is 3.33. The summed E-state index contributed by atoms with van der Waals surface area (Å²) in [5, 5.41) is 17.4. The van der Waals surface area contributed by atoms with E-state index in [1.165, 1.54) is 0 Å². The van der Waals surface area contributed by atoms with Gasteiger partial charge in [-0.2, -0.15) is 10.5 Å². The lowest BCUT2D eigenvalue weighted by molar-refractivity contribution is 1.49. The predicted molar refractivity (Wildman–Crippen MR) is 55.7 cm³/mol. The van der Waals surface area contributed by atoms with Crippen molar-refractivity contribution >= 4 is 11.1 Å². The molecule has 0 atom stereocenters. The van der Waals surface area contributed by atoms with Crippen LogP contribution < -0.4 is 0 Å². The predicted octanol–water partition coefficient (Wildman–Crippen LogP) is 2.76. The summed E-state index contributed by atoms with van der Waals surface area (Å²) in [7, 11) is 0. The molecule has 0 heterocycles. The highest BCUT2D eigenvalue weighted by Gasteiger charge is 2.06. The van der Waals surface area contributed by atoms with Crippen molar-refractivity contribution in [2.24, 2.45) is 0 Å². The van der Waals surface area contributed by atoms with Crippen LogP contribution in [0.3, 0.4) is 0 Å². The number of benzene rings is 1. The van der Waals surface area contributed by atoms with Crippen LogP contribution in [-0.2, 0) is 0 Å². The van der Waals surface area contributed by atoms with Crippen LogP contribution in [0.5, 0.6) is 0 Å². The number of nitrogens with zero attached hydrogens (tertiary/aromatic N) is 2. The second kappa shape index (κ2) is 4.07. The van der Waals surface area contributed by atoms with Gasteiger partial charge in [0.15, 0.2) is 0 Å². The van der Waals surface area contributed by atoms with Crippen LogP contribution in [0.2, 0.25) is 0 Å². The van der Waals surface area contributed by atoms with Gasteiger partial charge in [0, 0.05) is 11.1 Å². The Bertz CT molecular complexity index is 425. The molecule has 0 aliphatic rings. The number of rotatable bonds is 2. The molecule has 0 bridgehead atoms. The van der Waals surface area contributed by atoms with Crippen LogP contribution in [0.15, 0.2) is 37.4 Å². The molecule has 0 N–H and O–H groups in total. The van der Waals surface area contributed by atoms with Crippen LogP contribution in [0.1, 0.15) is 11.1 Å². The molecule has 0 saturated heterocycles. The maximum absolute atomic E-state index is 8.71. The van der Waals surface area contributed by atoms with E-state index in [0.29, 0.717) is 22.3 Å². The molecule has 66 valence electrons. The molecule has 0 radical (unpaired) electrons. The molecule has 2 nitrogen and oxygen atoms in total. The lowest BCUT2D eigenvalue weighted by Crippen LogP contribution is -1.88. The first-order chi connectivity index (χ1) is 6.70. The highest BCUT2D eigenvalue weighted by Crippen LogP contribution is 2.22. The Morgan fingerprint density at radius 1 is 0.929 bits per heavy atom. The third kappa shape index (κ3) is 1.71. The molecule has 0 aliphatic carbocycles. The van der Waals surface area contributed by atoms with E-state index in [0.717, 1.165) is 0 Å². The molecular weight excluding hydrogens is 172 g/mol. The summed E-state index contributed by atoms with van der Waals surface area (Å²) in [4.78, 5) is 0. The quantitative estimate of drug-likeness (QED) is 0.657. The highest BCUT2D eigenvalue weighted by atomic mass is 14.3.